The Kier molecular flexibility index (Phi) is 4.00. The average Bonchev–Trinajstić information content (AvgIpc) is 3.22. The highest BCUT2D eigenvalue weighted by Crippen LogP contribution is 2.22. The Bertz CT molecular complexity index is 624. The standard InChI is InChI=1S/C16H21ClN4/c1-10(2)15-6-12(8-18-13-4-5-13)7-16(19-15)21-9-14(17)11(3)20-21/h6-7,9-10,13,18H,4-5,8H2,1-3H3. The van der Waals surface area contributed by atoms with Gasteiger partial charge in [-0.3, -0.25) is 0 Å². The second kappa shape index (κ2) is 5.78. The fraction of sp³-hybridized carbons (Fsp3) is 0.500. The van der Waals surface area contributed by atoms with Crippen LogP contribution in [0.1, 0.15) is 49.6 Å². The van der Waals surface area contributed by atoms with E-state index in [1.54, 1.807) is 4.68 Å². The van der Waals surface area contributed by atoms with Crippen LogP contribution in [0.25, 0.3) is 5.82 Å². The topological polar surface area (TPSA) is 42.7 Å². The molecule has 4 nitrogen and oxygen atoms in total. The molecule has 2 heterocycles. The zero-order chi connectivity index (χ0) is 15.0. The minimum Gasteiger partial charge on any atom is -0.310 e. The number of nitrogens with one attached hydrogen (secondary N) is 1. The van der Waals surface area contributed by atoms with Crippen LogP contribution in [0.15, 0.2) is 18.3 Å². The van der Waals surface area contributed by atoms with Crippen LogP contribution < -0.4 is 5.32 Å². The Morgan fingerprint density at radius 3 is 2.71 bits per heavy atom. The van der Waals surface area contributed by atoms with E-state index in [9.17, 15) is 0 Å². The second-order valence-electron chi connectivity index (χ2n) is 6.08. The van der Waals surface area contributed by atoms with Crippen LogP contribution in [0.5, 0.6) is 0 Å². The number of hydrogen-bond acceptors (Lipinski definition) is 3. The van der Waals surface area contributed by atoms with E-state index in [2.05, 4.69) is 36.4 Å². The predicted octanol–water partition coefficient (Wildman–Crippen LogP) is 3.60. The van der Waals surface area contributed by atoms with E-state index in [-0.39, 0.29) is 0 Å². The van der Waals surface area contributed by atoms with Crippen LogP contribution in [0.4, 0.5) is 0 Å². The van der Waals surface area contributed by atoms with Crippen molar-refractivity contribution < 1.29 is 0 Å². The molecule has 1 aliphatic carbocycles. The monoisotopic (exact) mass is 304 g/mol. The van der Waals surface area contributed by atoms with Crippen molar-refractivity contribution in [2.24, 2.45) is 0 Å². The first kappa shape index (κ1) is 14.5. The van der Waals surface area contributed by atoms with Crippen molar-refractivity contribution in [3.63, 3.8) is 0 Å². The number of aryl methyl sites for hydroxylation is 1. The smallest absolute Gasteiger partial charge is 0.153 e. The minimum absolute atomic E-state index is 0.386. The van der Waals surface area contributed by atoms with Crippen LogP contribution in [0.2, 0.25) is 5.02 Å². The molecule has 0 radical (unpaired) electrons. The average molecular weight is 305 g/mol. The van der Waals surface area contributed by atoms with E-state index in [1.165, 1.54) is 18.4 Å². The molecule has 0 aromatic carbocycles. The number of rotatable bonds is 5. The Balaban J connectivity index is 1.93. The molecule has 0 bridgehead atoms. The molecule has 0 unspecified atom stereocenters. The van der Waals surface area contributed by atoms with Crippen molar-refractivity contribution in [1.82, 2.24) is 20.1 Å². The lowest BCUT2D eigenvalue weighted by atomic mass is 10.1. The van der Waals surface area contributed by atoms with Gasteiger partial charge in [-0.15, -0.1) is 0 Å². The lowest BCUT2D eigenvalue weighted by Gasteiger charge is -2.12. The molecule has 1 fully saturated rings. The van der Waals surface area contributed by atoms with Crippen LogP contribution in [-0.2, 0) is 6.54 Å². The van der Waals surface area contributed by atoms with Crippen molar-refractivity contribution in [3.05, 3.63) is 40.3 Å². The Morgan fingerprint density at radius 1 is 1.38 bits per heavy atom. The van der Waals surface area contributed by atoms with Gasteiger partial charge in [0, 0.05) is 18.3 Å². The molecule has 0 amide bonds. The summed E-state index contributed by atoms with van der Waals surface area (Å²) in [6, 6.07) is 4.97. The van der Waals surface area contributed by atoms with Gasteiger partial charge in [-0.25, -0.2) is 9.67 Å². The third-order valence-corrected chi connectivity index (χ3v) is 4.10. The van der Waals surface area contributed by atoms with E-state index >= 15 is 0 Å². The zero-order valence-electron chi connectivity index (χ0n) is 12.7. The largest absolute Gasteiger partial charge is 0.310 e. The van der Waals surface area contributed by atoms with Crippen LogP contribution >= 0.6 is 11.6 Å². The van der Waals surface area contributed by atoms with Gasteiger partial charge in [0.1, 0.15) is 0 Å². The molecular weight excluding hydrogens is 284 g/mol. The number of nitrogens with zero attached hydrogens (tertiary/aromatic N) is 3. The summed E-state index contributed by atoms with van der Waals surface area (Å²) in [7, 11) is 0. The van der Waals surface area contributed by atoms with Gasteiger partial charge in [-0.1, -0.05) is 25.4 Å². The quantitative estimate of drug-likeness (QED) is 0.917. The third-order valence-electron chi connectivity index (χ3n) is 3.73. The Morgan fingerprint density at radius 2 is 2.14 bits per heavy atom. The molecule has 0 aliphatic heterocycles. The van der Waals surface area contributed by atoms with Gasteiger partial charge in [0.2, 0.25) is 0 Å². The van der Waals surface area contributed by atoms with Crippen molar-refractivity contribution in [1.29, 1.82) is 0 Å². The summed E-state index contributed by atoms with van der Waals surface area (Å²) in [5, 5.41) is 8.65. The van der Waals surface area contributed by atoms with Crippen molar-refractivity contribution in [3.8, 4) is 5.82 Å². The highest BCUT2D eigenvalue weighted by molar-refractivity contribution is 6.31. The van der Waals surface area contributed by atoms with Crippen molar-refractivity contribution >= 4 is 11.6 Å². The summed E-state index contributed by atoms with van der Waals surface area (Å²) in [4.78, 5) is 4.71. The molecule has 1 saturated carbocycles. The van der Waals surface area contributed by atoms with Gasteiger partial charge < -0.3 is 5.32 Å². The van der Waals surface area contributed by atoms with Crippen LogP contribution in [-0.4, -0.2) is 20.8 Å². The molecular formula is C16H21ClN4. The number of aromatic nitrogens is 3. The molecule has 0 saturated heterocycles. The van der Waals surface area contributed by atoms with E-state index in [1.807, 2.05) is 13.1 Å². The highest BCUT2D eigenvalue weighted by Gasteiger charge is 2.20. The molecule has 21 heavy (non-hydrogen) atoms. The lowest BCUT2D eigenvalue weighted by Crippen LogP contribution is -2.16. The molecule has 1 aliphatic rings. The second-order valence-corrected chi connectivity index (χ2v) is 6.48. The maximum atomic E-state index is 6.11. The van der Waals surface area contributed by atoms with Crippen molar-refractivity contribution in [2.75, 3.05) is 0 Å². The number of halogens is 1. The van der Waals surface area contributed by atoms with Gasteiger partial charge >= 0.3 is 0 Å². The molecule has 0 atom stereocenters. The lowest BCUT2D eigenvalue weighted by molar-refractivity contribution is 0.681. The maximum Gasteiger partial charge on any atom is 0.153 e. The maximum absolute atomic E-state index is 6.11. The molecule has 2 aromatic heterocycles. The van der Waals surface area contributed by atoms with Crippen LogP contribution in [0.3, 0.4) is 0 Å². The van der Waals surface area contributed by atoms with E-state index in [0.29, 0.717) is 17.0 Å². The zero-order valence-corrected chi connectivity index (χ0v) is 13.5. The van der Waals surface area contributed by atoms with E-state index < -0.39 is 0 Å². The number of pyridine rings is 1. The third kappa shape index (κ3) is 3.44. The van der Waals surface area contributed by atoms with Gasteiger partial charge in [0.15, 0.2) is 5.82 Å². The molecule has 0 spiro atoms. The fourth-order valence-corrected chi connectivity index (χ4v) is 2.35. The summed E-state index contributed by atoms with van der Waals surface area (Å²) in [6.07, 6.45) is 4.41. The molecule has 112 valence electrons. The van der Waals surface area contributed by atoms with Gasteiger partial charge in [0.05, 0.1) is 16.9 Å². The van der Waals surface area contributed by atoms with Gasteiger partial charge in [0.25, 0.3) is 0 Å². The normalized spacial score (nSPS) is 14.9. The number of hydrogen-bond donors (Lipinski definition) is 1. The first-order chi connectivity index (χ1) is 10.0. The Labute approximate surface area is 130 Å². The first-order valence-corrected chi connectivity index (χ1v) is 7.87. The molecule has 3 rings (SSSR count). The van der Waals surface area contributed by atoms with Gasteiger partial charge in [-0.05, 0) is 43.4 Å². The first-order valence-electron chi connectivity index (χ1n) is 7.49. The van der Waals surface area contributed by atoms with Crippen LogP contribution in [0, 0.1) is 6.92 Å². The summed E-state index contributed by atoms with van der Waals surface area (Å²) < 4.78 is 1.77. The van der Waals surface area contributed by atoms with Gasteiger partial charge in [-0.2, -0.15) is 5.10 Å². The summed E-state index contributed by atoms with van der Waals surface area (Å²) in [6.45, 7) is 7.10. The molecule has 5 heteroatoms. The van der Waals surface area contributed by atoms with E-state index in [4.69, 9.17) is 16.6 Å². The molecule has 1 N–H and O–H groups in total. The predicted molar refractivity (Wildman–Crippen MR) is 85.1 cm³/mol. The molecule has 2 aromatic rings. The SMILES string of the molecule is Cc1nn(-c2cc(CNC3CC3)cc(C(C)C)n2)cc1Cl. The minimum atomic E-state index is 0.386. The Hall–Kier alpha value is -1.39. The fourth-order valence-electron chi connectivity index (χ4n) is 2.22. The highest BCUT2D eigenvalue weighted by atomic mass is 35.5. The van der Waals surface area contributed by atoms with Crippen molar-refractivity contribution in [2.45, 2.75) is 52.1 Å². The summed E-state index contributed by atoms with van der Waals surface area (Å²) in [5.41, 5.74) is 3.16. The summed E-state index contributed by atoms with van der Waals surface area (Å²) in [5.74, 6) is 1.22. The summed E-state index contributed by atoms with van der Waals surface area (Å²) >= 11 is 6.11. The van der Waals surface area contributed by atoms with E-state index in [0.717, 1.165) is 23.8 Å².